The topological polar surface area (TPSA) is 54.5 Å². The molecule has 6 heteroatoms. The number of ether oxygens (including phenoxy) is 1. The van der Waals surface area contributed by atoms with E-state index in [0.29, 0.717) is 12.1 Å². The van der Waals surface area contributed by atoms with Crippen molar-refractivity contribution in [3.05, 3.63) is 16.6 Å². The molecule has 1 aliphatic rings. The lowest BCUT2D eigenvalue weighted by molar-refractivity contribution is 0.0232. The number of carbonyl (C=O) groups excluding carboxylic acids is 1. The van der Waals surface area contributed by atoms with Crippen LogP contribution in [0.3, 0.4) is 0 Å². The molecule has 22 heavy (non-hydrogen) atoms. The Morgan fingerprint density at radius 3 is 2.82 bits per heavy atom. The number of hydrogen-bond donors (Lipinski definition) is 1. The molecule has 0 aromatic carbocycles. The lowest BCUT2D eigenvalue weighted by Crippen LogP contribution is -2.39. The Hall–Kier alpha value is -1.14. The summed E-state index contributed by atoms with van der Waals surface area (Å²) in [6.45, 7) is 9.50. The Balaban J connectivity index is 1.72. The van der Waals surface area contributed by atoms with E-state index < -0.39 is 5.60 Å². The van der Waals surface area contributed by atoms with Gasteiger partial charge in [0.15, 0.2) is 0 Å². The van der Waals surface area contributed by atoms with Crippen molar-refractivity contribution in [1.82, 2.24) is 15.2 Å². The van der Waals surface area contributed by atoms with Crippen LogP contribution in [0.2, 0.25) is 0 Å². The molecule has 0 saturated heterocycles. The summed E-state index contributed by atoms with van der Waals surface area (Å²) in [4.78, 5) is 19.5. The fourth-order valence-electron chi connectivity index (χ4n) is 2.24. The van der Waals surface area contributed by atoms with Crippen molar-refractivity contribution in [3.8, 4) is 0 Å². The van der Waals surface area contributed by atoms with Gasteiger partial charge >= 0.3 is 6.09 Å². The molecule has 1 aromatic heterocycles. The van der Waals surface area contributed by atoms with Crippen molar-refractivity contribution in [1.29, 1.82) is 0 Å². The van der Waals surface area contributed by atoms with Gasteiger partial charge in [-0.3, -0.25) is 4.98 Å². The molecule has 1 unspecified atom stereocenters. The first kappa shape index (κ1) is 17.2. The minimum absolute atomic E-state index is 0.175. The van der Waals surface area contributed by atoms with Gasteiger partial charge in [0.25, 0.3) is 0 Å². The highest BCUT2D eigenvalue weighted by Crippen LogP contribution is 2.28. The first-order valence-electron chi connectivity index (χ1n) is 7.98. The zero-order valence-electron chi connectivity index (χ0n) is 14.0. The average Bonchev–Trinajstić information content (AvgIpc) is 3.09. The van der Waals surface area contributed by atoms with E-state index >= 15 is 0 Å². The first-order valence-corrected chi connectivity index (χ1v) is 8.86. The van der Waals surface area contributed by atoms with Crippen molar-refractivity contribution in [3.63, 3.8) is 0 Å². The van der Waals surface area contributed by atoms with Crippen LogP contribution in [0, 0.1) is 0 Å². The van der Waals surface area contributed by atoms with Gasteiger partial charge in [-0.25, -0.2) is 4.79 Å². The van der Waals surface area contributed by atoms with E-state index in [4.69, 9.17) is 4.74 Å². The summed E-state index contributed by atoms with van der Waals surface area (Å²) in [5.74, 6) is 0. The van der Waals surface area contributed by atoms with Crippen LogP contribution in [-0.4, -0.2) is 40.7 Å². The number of nitrogens with one attached hydrogen (secondary N) is 1. The van der Waals surface area contributed by atoms with E-state index in [-0.39, 0.29) is 6.09 Å². The van der Waals surface area contributed by atoms with Gasteiger partial charge in [-0.1, -0.05) is 0 Å². The molecule has 5 nitrogen and oxygen atoms in total. The lowest BCUT2D eigenvalue weighted by Gasteiger charge is -2.27. The first-order chi connectivity index (χ1) is 10.4. The molecule has 0 radical (unpaired) electrons. The molecule has 0 aliphatic heterocycles. The van der Waals surface area contributed by atoms with E-state index in [9.17, 15) is 4.79 Å². The van der Waals surface area contributed by atoms with Crippen molar-refractivity contribution in [2.24, 2.45) is 0 Å². The Morgan fingerprint density at radius 1 is 1.55 bits per heavy atom. The summed E-state index contributed by atoms with van der Waals surface area (Å²) >= 11 is 1.66. The number of amides is 1. The highest BCUT2D eigenvalue weighted by Gasteiger charge is 2.34. The Bertz CT molecular complexity index is 466. The summed E-state index contributed by atoms with van der Waals surface area (Å²) in [5.41, 5.74) is 1.42. The third kappa shape index (κ3) is 5.57. The summed E-state index contributed by atoms with van der Waals surface area (Å²) in [6, 6.07) is 0.692. The highest BCUT2D eigenvalue weighted by molar-refractivity contribution is 7.09. The monoisotopic (exact) mass is 325 g/mol. The van der Waals surface area contributed by atoms with E-state index in [0.717, 1.165) is 32.4 Å². The van der Waals surface area contributed by atoms with Crippen molar-refractivity contribution in [2.75, 3.05) is 13.1 Å². The van der Waals surface area contributed by atoms with E-state index in [1.165, 1.54) is 4.88 Å². The Kier molecular flexibility index (Phi) is 5.81. The van der Waals surface area contributed by atoms with Crippen LogP contribution in [0.15, 0.2) is 11.7 Å². The minimum atomic E-state index is -0.427. The fourth-order valence-corrected chi connectivity index (χ4v) is 2.89. The van der Waals surface area contributed by atoms with E-state index in [1.54, 1.807) is 11.3 Å². The predicted molar refractivity (Wildman–Crippen MR) is 89.1 cm³/mol. The van der Waals surface area contributed by atoms with Gasteiger partial charge in [0, 0.05) is 29.7 Å². The minimum Gasteiger partial charge on any atom is -0.444 e. The van der Waals surface area contributed by atoms with Gasteiger partial charge in [-0.05, 0) is 53.5 Å². The van der Waals surface area contributed by atoms with Gasteiger partial charge in [-0.15, -0.1) is 11.3 Å². The molecule has 1 heterocycles. The molecule has 1 amide bonds. The SMILES string of the molecule is CC(NCCCN(C(=O)OC(C)(C)C)C1CC1)c1cncs1. The summed E-state index contributed by atoms with van der Waals surface area (Å²) in [6.07, 6.45) is 4.86. The molecule has 0 bridgehead atoms. The van der Waals surface area contributed by atoms with Gasteiger partial charge in [-0.2, -0.15) is 0 Å². The van der Waals surface area contributed by atoms with Crippen LogP contribution in [0.1, 0.15) is 57.9 Å². The molecule has 2 rings (SSSR count). The van der Waals surface area contributed by atoms with Gasteiger partial charge in [0.1, 0.15) is 5.60 Å². The maximum atomic E-state index is 12.2. The van der Waals surface area contributed by atoms with Gasteiger partial charge in [0.05, 0.1) is 5.51 Å². The van der Waals surface area contributed by atoms with E-state index in [2.05, 4.69) is 17.2 Å². The number of carbonyl (C=O) groups is 1. The predicted octanol–water partition coefficient (Wildman–Crippen LogP) is 3.58. The normalized spacial score (nSPS) is 16.4. The smallest absolute Gasteiger partial charge is 0.410 e. The quantitative estimate of drug-likeness (QED) is 0.779. The average molecular weight is 325 g/mol. The Labute approximate surface area is 137 Å². The molecule has 1 atom stereocenters. The van der Waals surface area contributed by atoms with Crippen LogP contribution in [0.5, 0.6) is 0 Å². The lowest BCUT2D eigenvalue weighted by atomic mass is 10.2. The van der Waals surface area contributed by atoms with Gasteiger partial charge in [0.2, 0.25) is 0 Å². The standard InChI is InChI=1S/C16H27N3O2S/c1-12(14-10-17-11-22-14)18-8-5-9-19(13-6-7-13)15(20)21-16(2,3)4/h10-13,18H,5-9H2,1-4H3. The second-order valence-electron chi connectivity index (χ2n) is 6.84. The molecule has 1 aliphatic carbocycles. The number of rotatable bonds is 7. The van der Waals surface area contributed by atoms with Crippen LogP contribution in [-0.2, 0) is 4.74 Å². The number of hydrogen-bond acceptors (Lipinski definition) is 5. The van der Waals surface area contributed by atoms with Crippen LogP contribution in [0.4, 0.5) is 4.79 Å². The summed E-state index contributed by atoms with van der Waals surface area (Å²) in [5, 5.41) is 3.48. The van der Waals surface area contributed by atoms with Crippen LogP contribution in [0.25, 0.3) is 0 Å². The number of thiazole rings is 1. The molecule has 1 saturated carbocycles. The molecule has 1 N–H and O–H groups in total. The third-order valence-electron chi connectivity index (χ3n) is 3.52. The summed E-state index contributed by atoms with van der Waals surface area (Å²) < 4.78 is 5.50. The molecule has 0 spiro atoms. The second-order valence-corrected chi connectivity index (χ2v) is 7.76. The third-order valence-corrected chi connectivity index (χ3v) is 4.48. The van der Waals surface area contributed by atoms with Crippen molar-refractivity contribution >= 4 is 17.4 Å². The van der Waals surface area contributed by atoms with Crippen LogP contribution >= 0.6 is 11.3 Å². The maximum Gasteiger partial charge on any atom is 0.410 e. The van der Waals surface area contributed by atoms with Crippen molar-refractivity contribution in [2.45, 2.75) is 64.6 Å². The molecule has 124 valence electrons. The zero-order chi connectivity index (χ0) is 16.2. The van der Waals surface area contributed by atoms with Gasteiger partial charge < -0.3 is 15.0 Å². The van der Waals surface area contributed by atoms with E-state index in [1.807, 2.05) is 37.4 Å². The molecular weight excluding hydrogens is 298 g/mol. The molecule has 1 fully saturated rings. The van der Waals surface area contributed by atoms with Crippen LogP contribution < -0.4 is 5.32 Å². The molecular formula is C16H27N3O2S. The number of nitrogens with zero attached hydrogens (tertiary/aromatic N) is 2. The van der Waals surface area contributed by atoms with Crippen molar-refractivity contribution < 1.29 is 9.53 Å². The maximum absolute atomic E-state index is 12.2. The second kappa shape index (κ2) is 7.42. The zero-order valence-corrected chi connectivity index (χ0v) is 14.8. The largest absolute Gasteiger partial charge is 0.444 e. The summed E-state index contributed by atoms with van der Waals surface area (Å²) in [7, 11) is 0. The Morgan fingerprint density at radius 2 is 2.27 bits per heavy atom. The fraction of sp³-hybridized carbons (Fsp3) is 0.750. The molecule has 1 aromatic rings. The highest BCUT2D eigenvalue weighted by atomic mass is 32.1. The number of aromatic nitrogens is 1.